The number of aromatic nitrogens is 3. The Balaban J connectivity index is 1.73. The molecule has 0 unspecified atom stereocenters. The molecule has 0 aliphatic carbocycles. The largest absolute Gasteiger partial charge is 0.361 e. The van der Waals surface area contributed by atoms with E-state index in [1.165, 1.54) is 5.56 Å². The minimum absolute atomic E-state index is 0.241. The molecular formula is C17H18ClN3O2. The van der Waals surface area contributed by atoms with Crippen molar-refractivity contribution in [3.05, 3.63) is 64.1 Å². The summed E-state index contributed by atoms with van der Waals surface area (Å²) in [7, 11) is 0. The van der Waals surface area contributed by atoms with Crippen molar-refractivity contribution < 1.29 is 9.05 Å². The standard InChI is InChI=1S/C17H18ClN3O2/c1-11-8-14(20-22-11)9-15-19-16(21-23-15)17(2,3)10-12-4-6-13(18)7-5-12/h4-8H,9-10H2,1-3H3. The molecule has 0 saturated heterocycles. The van der Waals surface area contributed by atoms with E-state index in [-0.39, 0.29) is 5.41 Å². The van der Waals surface area contributed by atoms with Crippen molar-refractivity contribution >= 4 is 11.6 Å². The van der Waals surface area contributed by atoms with Gasteiger partial charge in [0, 0.05) is 16.5 Å². The number of halogens is 1. The van der Waals surface area contributed by atoms with Gasteiger partial charge in [-0.3, -0.25) is 0 Å². The molecule has 6 heteroatoms. The highest BCUT2D eigenvalue weighted by atomic mass is 35.5. The normalized spacial score (nSPS) is 11.8. The summed E-state index contributed by atoms with van der Waals surface area (Å²) in [6.45, 7) is 6.04. The molecule has 1 aromatic carbocycles. The zero-order valence-electron chi connectivity index (χ0n) is 13.3. The van der Waals surface area contributed by atoms with Gasteiger partial charge in [0.05, 0.1) is 12.1 Å². The highest BCUT2D eigenvalue weighted by molar-refractivity contribution is 6.30. The Bertz CT molecular complexity index is 790. The third kappa shape index (κ3) is 3.79. The molecule has 3 rings (SSSR count). The van der Waals surface area contributed by atoms with Crippen LogP contribution in [-0.2, 0) is 18.3 Å². The monoisotopic (exact) mass is 331 g/mol. The number of rotatable bonds is 5. The van der Waals surface area contributed by atoms with Gasteiger partial charge in [-0.15, -0.1) is 0 Å². The van der Waals surface area contributed by atoms with Crippen molar-refractivity contribution in [1.29, 1.82) is 0 Å². The van der Waals surface area contributed by atoms with Gasteiger partial charge in [0.25, 0.3) is 0 Å². The fourth-order valence-electron chi connectivity index (χ4n) is 2.45. The molecule has 0 amide bonds. The first-order valence-corrected chi connectivity index (χ1v) is 7.80. The molecular weight excluding hydrogens is 314 g/mol. The smallest absolute Gasteiger partial charge is 0.232 e. The van der Waals surface area contributed by atoms with Crippen molar-refractivity contribution in [1.82, 2.24) is 15.3 Å². The van der Waals surface area contributed by atoms with E-state index in [9.17, 15) is 0 Å². The summed E-state index contributed by atoms with van der Waals surface area (Å²) in [5.41, 5.74) is 1.72. The van der Waals surface area contributed by atoms with E-state index in [4.69, 9.17) is 20.6 Å². The van der Waals surface area contributed by atoms with E-state index in [0.717, 1.165) is 22.9 Å². The molecule has 5 nitrogen and oxygen atoms in total. The Kier molecular flexibility index (Phi) is 4.22. The molecule has 2 aromatic heterocycles. The lowest BCUT2D eigenvalue weighted by Gasteiger charge is -2.20. The minimum Gasteiger partial charge on any atom is -0.361 e. The van der Waals surface area contributed by atoms with E-state index >= 15 is 0 Å². The van der Waals surface area contributed by atoms with E-state index in [1.54, 1.807) is 0 Å². The fraction of sp³-hybridized carbons (Fsp3) is 0.353. The number of nitrogens with zero attached hydrogens (tertiary/aromatic N) is 3. The molecule has 0 radical (unpaired) electrons. The lowest BCUT2D eigenvalue weighted by atomic mass is 9.85. The first kappa shape index (κ1) is 15.7. The molecule has 0 atom stereocenters. The molecule has 0 aliphatic rings. The van der Waals surface area contributed by atoms with Crippen LogP contribution < -0.4 is 0 Å². The first-order chi connectivity index (χ1) is 10.9. The Morgan fingerprint density at radius 1 is 1.09 bits per heavy atom. The minimum atomic E-state index is -0.241. The van der Waals surface area contributed by atoms with Gasteiger partial charge in [-0.25, -0.2) is 0 Å². The molecule has 120 valence electrons. The average molecular weight is 332 g/mol. The predicted molar refractivity (Wildman–Crippen MR) is 86.5 cm³/mol. The third-order valence-corrected chi connectivity index (χ3v) is 3.89. The van der Waals surface area contributed by atoms with Crippen LogP contribution in [0.5, 0.6) is 0 Å². The average Bonchev–Trinajstić information content (AvgIpc) is 3.11. The molecule has 0 fully saturated rings. The van der Waals surface area contributed by atoms with Crippen LogP contribution in [0.2, 0.25) is 5.02 Å². The Morgan fingerprint density at radius 2 is 1.83 bits per heavy atom. The second-order valence-corrected chi connectivity index (χ2v) is 6.74. The van der Waals surface area contributed by atoms with Crippen LogP contribution in [0.3, 0.4) is 0 Å². The summed E-state index contributed by atoms with van der Waals surface area (Å²) >= 11 is 5.93. The van der Waals surface area contributed by atoms with Gasteiger partial charge in [0.2, 0.25) is 5.89 Å². The van der Waals surface area contributed by atoms with Gasteiger partial charge in [-0.2, -0.15) is 4.98 Å². The van der Waals surface area contributed by atoms with E-state index in [2.05, 4.69) is 29.1 Å². The number of benzene rings is 1. The molecule has 0 N–H and O–H groups in total. The van der Waals surface area contributed by atoms with E-state index in [0.29, 0.717) is 18.1 Å². The van der Waals surface area contributed by atoms with Gasteiger partial charge in [-0.05, 0) is 31.0 Å². The zero-order chi connectivity index (χ0) is 16.4. The number of hydrogen-bond donors (Lipinski definition) is 0. The van der Waals surface area contributed by atoms with Crippen molar-refractivity contribution in [2.24, 2.45) is 0 Å². The van der Waals surface area contributed by atoms with Crippen molar-refractivity contribution in [2.75, 3.05) is 0 Å². The van der Waals surface area contributed by atoms with Crippen LogP contribution in [0.25, 0.3) is 0 Å². The fourth-order valence-corrected chi connectivity index (χ4v) is 2.58. The van der Waals surface area contributed by atoms with Gasteiger partial charge >= 0.3 is 0 Å². The summed E-state index contributed by atoms with van der Waals surface area (Å²) in [5, 5.41) is 8.81. The highest BCUT2D eigenvalue weighted by Gasteiger charge is 2.27. The second-order valence-electron chi connectivity index (χ2n) is 6.30. The van der Waals surface area contributed by atoms with Crippen LogP contribution in [0.1, 0.15) is 42.6 Å². The van der Waals surface area contributed by atoms with Crippen molar-refractivity contribution in [3.8, 4) is 0 Å². The lowest BCUT2D eigenvalue weighted by molar-refractivity contribution is 0.357. The molecule has 23 heavy (non-hydrogen) atoms. The summed E-state index contributed by atoms with van der Waals surface area (Å²) in [6, 6.07) is 9.68. The second kappa shape index (κ2) is 6.16. The molecule has 0 saturated carbocycles. The van der Waals surface area contributed by atoms with E-state index in [1.807, 2.05) is 37.3 Å². The SMILES string of the molecule is Cc1cc(Cc2nc(C(C)(C)Cc3ccc(Cl)cc3)no2)no1. The van der Waals surface area contributed by atoms with Crippen molar-refractivity contribution in [3.63, 3.8) is 0 Å². The number of aryl methyl sites for hydroxylation is 1. The van der Waals surface area contributed by atoms with Crippen LogP contribution in [0.15, 0.2) is 39.4 Å². The van der Waals surface area contributed by atoms with Gasteiger partial charge < -0.3 is 9.05 Å². The summed E-state index contributed by atoms with van der Waals surface area (Å²) in [4.78, 5) is 4.51. The molecule has 0 spiro atoms. The third-order valence-electron chi connectivity index (χ3n) is 3.64. The van der Waals surface area contributed by atoms with E-state index < -0.39 is 0 Å². The van der Waals surface area contributed by atoms with Crippen LogP contribution >= 0.6 is 11.6 Å². The maximum absolute atomic E-state index is 5.93. The molecule has 0 bridgehead atoms. The van der Waals surface area contributed by atoms with Gasteiger partial charge in [-0.1, -0.05) is 47.9 Å². The van der Waals surface area contributed by atoms with Crippen molar-refractivity contribution in [2.45, 2.75) is 39.0 Å². The lowest BCUT2D eigenvalue weighted by Crippen LogP contribution is -2.22. The van der Waals surface area contributed by atoms with Gasteiger partial charge in [0.1, 0.15) is 5.76 Å². The number of hydrogen-bond acceptors (Lipinski definition) is 5. The summed E-state index contributed by atoms with van der Waals surface area (Å²) in [6.07, 6.45) is 1.27. The van der Waals surface area contributed by atoms with Crippen LogP contribution in [0, 0.1) is 6.92 Å². The molecule has 0 aliphatic heterocycles. The predicted octanol–water partition coefficient (Wildman–Crippen LogP) is 4.13. The van der Waals surface area contributed by atoms with Gasteiger partial charge in [0.15, 0.2) is 5.82 Å². The zero-order valence-corrected chi connectivity index (χ0v) is 14.1. The first-order valence-electron chi connectivity index (χ1n) is 7.42. The summed E-state index contributed by atoms with van der Waals surface area (Å²) in [5.74, 6) is 1.99. The molecule has 2 heterocycles. The Morgan fingerprint density at radius 3 is 2.48 bits per heavy atom. The van der Waals surface area contributed by atoms with Crippen LogP contribution in [-0.4, -0.2) is 15.3 Å². The van der Waals surface area contributed by atoms with Crippen LogP contribution in [0.4, 0.5) is 0 Å². The summed E-state index contributed by atoms with van der Waals surface area (Å²) < 4.78 is 10.4. The molecule has 3 aromatic rings. The highest BCUT2D eigenvalue weighted by Crippen LogP contribution is 2.26. The Labute approximate surface area is 139 Å². The quantitative estimate of drug-likeness (QED) is 0.703. The maximum Gasteiger partial charge on any atom is 0.232 e. The topological polar surface area (TPSA) is 65.0 Å². The Hall–Kier alpha value is -2.14. The maximum atomic E-state index is 5.93.